The van der Waals surface area contributed by atoms with Crippen LogP contribution in [0.15, 0.2) is 23.6 Å². The molecule has 3 aromatic heterocycles. The maximum atomic E-state index is 12.9. The van der Waals surface area contributed by atoms with E-state index in [4.69, 9.17) is 4.98 Å². The molecule has 7 nitrogen and oxygen atoms in total. The number of nitrogens with zero attached hydrogens (tertiary/aromatic N) is 3. The summed E-state index contributed by atoms with van der Waals surface area (Å²) < 4.78 is 25.7. The molecule has 4 heterocycles. The van der Waals surface area contributed by atoms with E-state index in [1.165, 1.54) is 0 Å². The number of carbonyl (C=O) groups excluding carboxylic acids is 1. The average molecular weight is 419 g/mol. The molecule has 1 atom stereocenters. The highest BCUT2D eigenvalue weighted by atomic mass is 32.2. The first-order valence-electron chi connectivity index (χ1n) is 9.20. The largest absolute Gasteiger partial charge is 0.350 e. The highest BCUT2D eigenvalue weighted by Gasteiger charge is 2.32. The molecule has 0 unspecified atom stereocenters. The molecule has 4 rings (SSSR count). The van der Waals surface area contributed by atoms with Crippen LogP contribution in [0.4, 0.5) is 0 Å². The fourth-order valence-electron chi connectivity index (χ4n) is 3.61. The van der Waals surface area contributed by atoms with Crippen LogP contribution in [0.2, 0.25) is 0 Å². The van der Waals surface area contributed by atoms with E-state index >= 15 is 0 Å². The molecular formula is C19H22N4O3S2. The quantitative estimate of drug-likeness (QED) is 0.703. The summed E-state index contributed by atoms with van der Waals surface area (Å²) in [6.45, 7) is 5.66. The van der Waals surface area contributed by atoms with Gasteiger partial charge in [0.2, 0.25) is 0 Å². The molecule has 3 aromatic rings. The molecule has 1 aliphatic heterocycles. The minimum atomic E-state index is -3.06. The maximum Gasteiger partial charge on any atom is 0.252 e. The molecule has 1 amide bonds. The second kappa shape index (κ2) is 6.97. The number of nitrogens with one attached hydrogen (secondary N) is 1. The van der Waals surface area contributed by atoms with Crippen molar-refractivity contribution in [1.29, 1.82) is 0 Å². The number of carbonyl (C=O) groups is 1. The predicted octanol–water partition coefficient (Wildman–Crippen LogP) is 2.97. The zero-order valence-electron chi connectivity index (χ0n) is 16.0. The average Bonchev–Trinajstić information content (AvgIpc) is 3.33. The van der Waals surface area contributed by atoms with Crippen molar-refractivity contribution in [1.82, 2.24) is 20.1 Å². The third-order valence-electron chi connectivity index (χ3n) is 4.83. The lowest BCUT2D eigenvalue weighted by Crippen LogP contribution is -2.30. The first kappa shape index (κ1) is 19.1. The number of fused-ring (bicyclic) bond motifs is 1. The fraction of sp³-hybridized carbons (Fsp3) is 0.421. The number of pyridine rings is 1. The summed E-state index contributed by atoms with van der Waals surface area (Å²) in [7, 11) is -3.06. The number of hydrogen-bond donors (Lipinski definition) is 1. The summed E-state index contributed by atoms with van der Waals surface area (Å²) in [4.78, 5) is 18.6. The number of sulfone groups is 1. The van der Waals surface area contributed by atoms with Gasteiger partial charge in [-0.05, 0) is 44.7 Å². The molecule has 0 radical (unpaired) electrons. The van der Waals surface area contributed by atoms with E-state index in [0.29, 0.717) is 34.4 Å². The highest BCUT2D eigenvalue weighted by molar-refractivity contribution is 7.91. The summed E-state index contributed by atoms with van der Waals surface area (Å²) >= 11 is 1.54. The highest BCUT2D eigenvalue weighted by Crippen LogP contribution is 2.33. The first-order valence-corrected chi connectivity index (χ1v) is 11.9. The van der Waals surface area contributed by atoms with Crippen molar-refractivity contribution in [2.45, 2.75) is 39.3 Å². The molecule has 1 fully saturated rings. The smallest absolute Gasteiger partial charge is 0.252 e. The van der Waals surface area contributed by atoms with Gasteiger partial charge in [-0.25, -0.2) is 18.1 Å². The van der Waals surface area contributed by atoms with Crippen molar-refractivity contribution >= 4 is 38.1 Å². The number of hydrogen-bond acceptors (Lipinski definition) is 6. The van der Waals surface area contributed by atoms with Crippen LogP contribution in [0.1, 0.15) is 42.4 Å². The summed E-state index contributed by atoms with van der Waals surface area (Å²) in [6, 6.07) is 5.43. The maximum absolute atomic E-state index is 12.9. The lowest BCUT2D eigenvalue weighted by Gasteiger charge is -2.13. The molecule has 28 heavy (non-hydrogen) atoms. The normalized spacial score (nSPS) is 18.8. The van der Waals surface area contributed by atoms with Crippen LogP contribution < -0.4 is 5.32 Å². The van der Waals surface area contributed by atoms with Gasteiger partial charge in [0.25, 0.3) is 5.91 Å². The standard InChI is InChI=1S/C19H22N4O3S2/c1-11(2)20-19(24)14-9-15(16-5-4-7-27-16)21-18-17(14)12(3)22-23(18)13-6-8-28(25,26)10-13/h4-5,7,9,11,13H,6,8,10H2,1-3H3,(H,20,24)/t13-/m0/s1. The Balaban J connectivity index is 1.94. The zero-order chi connectivity index (χ0) is 20.1. The zero-order valence-corrected chi connectivity index (χ0v) is 17.6. The topological polar surface area (TPSA) is 93.9 Å². The van der Waals surface area contributed by atoms with Crippen molar-refractivity contribution < 1.29 is 13.2 Å². The van der Waals surface area contributed by atoms with Crippen molar-refractivity contribution in [3.05, 3.63) is 34.8 Å². The van der Waals surface area contributed by atoms with E-state index in [1.54, 1.807) is 22.1 Å². The SMILES string of the molecule is Cc1nn([C@H]2CCS(=O)(=O)C2)c2nc(-c3cccs3)cc(C(=O)NC(C)C)c12. The lowest BCUT2D eigenvalue weighted by atomic mass is 10.1. The molecule has 0 aromatic carbocycles. The molecule has 1 N–H and O–H groups in total. The molecule has 0 aliphatic carbocycles. The van der Waals surface area contributed by atoms with Gasteiger partial charge in [-0.1, -0.05) is 6.07 Å². The second-order valence-electron chi connectivity index (χ2n) is 7.45. The van der Waals surface area contributed by atoms with Crippen LogP contribution in [0.3, 0.4) is 0 Å². The Morgan fingerprint density at radius 1 is 1.39 bits per heavy atom. The fourth-order valence-corrected chi connectivity index (χ4v) is 5.98. The van der Waals surface area contributed by atoms with Crippen LogP contribution in [0.25, 0.3) is 21.6 Å². The van der Waals surface area contributed by atoms with Crippen molar-refractivity contribution in [2.75, 3.05) is 11.5 Å². The van der Waals surface area contributed by atoms with Crippen molar-refractivity contribution in [2.24, 2.45) is 0 Å². The second-order valence-corrected chi connectivity index (χ2v) is 10.6. The summed E-state index contributed by atoms with van der Waals surface area (Å²) in [5.41, 5.74) is 2.46. The minimum Gasteiger partial charge on any atom is -0.350 e. The number of rotatable bonds is 4. The molecule has 1 saturated heterocycles. The molecule has 1 aliphatic rings. The van der Waals surface area contributed by atoms with Crippen LogP contribution in [-0.2, 0) is 9.84 Å². The summed E-state index contributed by atoms with van der Waals surface area (Å²) in [5.74, 6) is 0.0345. The van der Waals surface area contributed by atoms with Gasteiger partial charge in [0.05, 0.1) is 44.8 Å². The van der Waals surface area contributed by atoms with Gasteiger partial charge in [-0.2, -0.15) is 5.10 Å². The van der Waals surface area contributed by atoms with Gasteiger partial charge >= 0.3 is 0 Å². The van der Waals surface area contributed by atoms with E-state index < -0.39 is 9.84 Å². The summed E-state index contributed by atoms with van der Waals surface area (Å²) in [5, 5.41) is 10.2. The number of thiophene rings is 1. The molecule has 0 bridgehead atoms. The molecule has 0 saturated carbocycles. The van der Waals surface area contributed by atoms with Crippen molar-refractivity contribution in [3.8, 4) is 10.6 Å². The van der Waals surface area contributed by atoms with Gasteiger partial charge in [0.1, 0.15) is 0 Å². The van der Waals surface area contributed by atoms with Gasteiger partial charge < -0.3 is 5.32 Å². The van der Waals surface area contributed by atoms with E-state index in [2.05, 4.69) is 10.4 Å². The number of amides is 1. The Morgan fingerprint density at radius 2 is 2.18 bits per heavy atom. The molecule has 9 heteroatoms. The summed E-state index contributed by atoms with van der Waals surface area (Å²) in [6.07, 6.45) is 0.511. The van der Waals surface area contributed by atoms with Gasteiger partial charge in [0, 0.05) is 6.04 Å². The van der Waals surface area contributed by atoms with Gasteiger partial charge in [0.15, 0.2) is 15.5 Å². The number of aryl methyl sites for hydroxylation is 1. The third kappa shape index (κ3) is 3.44. The van der Waals surface area contributed by atoms with E-state index in [1.807, 2.05) is 38.3 Å². The Kier molecular flexibility index (Phi) is 4.75. The van der Waals surface area contributed by atoms with Crippen LogP contribution in [0.5, 0.6) is 0 Å². The van der Waals surface area contributed by atoms with Gasteiger partial charge in [-0.3, -0.25) is 4.79 Å². The third-order valence-corrected chi connectivity index (χ3v) is 7.47. The molecular weight excluding hydrogens is 396 g/mol. The minimum absolute atomic E-state index is 0.00349. The van der Waals surface area contributed by atoms with E-state index in [0.717, 1.165) is 4.88 Å². The predicted molar refractivity (Wildman–Crippen MR) is 110 cm³/mol. The van der Waals surface area contributed by atoms with Crippen molar-refractivity contribution in [3.63, 3.8) is 0 Å². The van der Waals surface area contributed by atoms with Crippen LogP contribution in [-0.4, -0.2) is 46.6 Å². The van der Waals surface area contributed by atoms with Crippen LogP contribution >= 0.6 is 11.3 Å². The Hall–Kier alpha value is -2.26. The monoisotopic (exact) mass is 418 g/mol. The molecule has 0 spiro atoms. The number of aromatic nitrogens is 3. The van der Waals surface area contributed by atoms with Crippen LogP contribution in [0, 0.1) is 6.92 Å². The first-order chi connectivity index (χ1) is 13.2. The van der Waals surface area contributed by atoms with E-state index in [9.17, 15) is 13.2 Å². The molecule has 148 valence electrons. The van der Waals surface area contributed by atoms with Gasteiger partial charge in [-0.15, -0.1) is 11.3 Å². The Labute approximate surface area is 167 Å². The van der Waals surface area contributed by atoms with E-state index in [-0.39, 0.29) is 29.5 Å². The Bertz CT molecular complexity index is 1150. The Morgan fingerprint density at radius 3 is 2.79 bits per heavy atom. The lowest BCUT2D eigenvalue weighted by molar-refractivity contribution is 0.0944.